The van der Waals surface area contributed by atoms with Crippen molar-refractivity contribution in [2.24, 2.45) is 0 Å². The van der Waals surface area contributed by atoms with Gasteiger partial charge in [-0.25, -0.2) is 0 Å². The van der Waals surface area contributed by atoms with Gasteiger partial charge in [0.1, 0.15) is 5.75 Å². The van der Waals surface area contributed by atoms with Crippen LogP contribution in [0.5, 0.6) is 5.75 Å². The number of aromatic nitrogens is 1. The zero-order chi connectivity index (χ0) is 11.5. The predicted octanol–water partition coefficient (Wildman–Crippen LogP) is 2.36. The summed E-state index contributed by atoms with van der Waals surface area (Å²) >= 11 is 0. The zero-order valence-corrected chi connectivity index (χ0v) is 8.20. The van der Waals surface area contributed by atoms with Crippen molar-refractivity contribution in [2.75, 3.05) is 0 Å². The maximum Gasteiger partial charge on any atom is 0.270 e. The fourth-order valence-corrected chi connectivity index (χ4v) is 1.39. The van der Waals surface area contributed by atoms with Crippen LogP contribution in [0.3, 0.4) is 0 Å². The average molecular weight is 216 g/mol. The first kappa shape index (κ1) is 10.1. The van der Waals surface area contributed by atoms with Gasteiger partial charge in [0.2, 0.25) is 0 Å². The maximum atomic E-state index is 10.6. The summed E-state index contributed by atoms with van der Waals surface area (Å²) < 4.78 is 0. The molecule has 1 N–H and O–H groups in total. The Balaban J connectivity index is 2.56. The number of pyridine rings is 1. The van der Waals surface area contributed by atoms with Crippen molar-refractivity contribution in [1.82, 2.24) is 4.98 Å². The van der Waals surface area contributed by atoms with Crippen LogP contribution in [0.4, 0.5) is 5.69 Å². The molecule has 1 aromatic heterocycles. The highest BCUT2D eigenvalue weighted by Gasteiger charge is 2.11. The summed E-state index contributed by atoms with van der Waals surface area (Å²) in [6, 6.07) is 7.32. The van der Waals surface area contributed by atoms with Crippen LogP contribution in [0.15, 0.2) is 42.7 Å². The van der Waals surface area contributed by atoms with Gasteiger partial charge >= 0.3 is 0 Å². The summed E-state index contributed by atoms with van der Waals surface area (Å²) in [5.41, 5.74) is 0.989. The Labute approximate surface area is 91.2 Å². The fourth-order valence-electron chi connectivity index (χ4n) is 1.39. The van der Waals surface area contributed by atoms with E-state index >= 15 is 0 Å². The highest BCUT2D eigenvalue weighted by Crippen LogP contribution is 2.31. The molecule has 0 radical (unpaired) electrons. The summed E-state index contributed by atoms with van der Waals surface area (Å²) in [4.78, 5) is 14.0. The smallest absolute Gasteiger partial charge is 0.270 e. The number of phenolic OH excluding ortho intramolecular Hbond substituents is 1. The molecule has 80 valence electrons. The molecule has 0 amide bonds. The summed E-state index contributed by atoms with van der Waals surface area (Å²) in [6.07, 6.45) is 3.14. The van der Waals surface area contributed by atoms with Gasteiger partial charge in [-0.1, -0.05) is 6.07 Å². The second kappa shape index (κ2) is 3.98. The van der Waals surface area contributed by atoms with Gasteiger partial charge in [0, 0.05) is 35.7 Å². The van der Waals surface area contributed by atoms with E-state index in [-0.39, 0.29) is 11.4 Å². The molecule has 0 fully saturated rings. The van der Waals surface area contributed by atoms with Crippen LogP contribution >= 0.6 is 0 Å². The first-order chi connectivity index (χ1) is 7.68. The van der Waals surface area contributed by atoms with E-state index < -0.39 is 4.92 Å². The first-order valence-electron chi connectivity index (χ1n) is 4.56. The van der Waals surface area contributed by atoms with Crippen LogP contribution in [0.25, 0.3) is 11.1 Å². The van der Waals surface area contributed by atoms with Crippen molar-refractivity contribution in [3.8, 4) is 16.9 Å². The highest BCUT2D eigenvalue weighted by atomic mass is 16.6. The molecule has 0 saturated heterocycles. The number of nitro benzene ring substituents is 1. The van der Waals surface area contributed by atoms with Crippen LogP contribution in [0.2, 0.25) is 0 Å². The van der Waals surface area contributed by atoms with Crippen molar-refractivity contribution >= 4 is 5.69 Å². The molecule has 0 atom stereocenters. The minimum absolute atomic E-state index is 0.00130. The lowest BCUT2D eigenvalue weighted by Crippen LogP contribution is -1.89. The van der Waals surface area contributed by atoms with Gasteiger partial charge in [-0.05, 0) is 12.1 Å². The van der Waals surface area contributed by atoms with Gasteiger partial charge in [-0.15, -0.1) is 0 Å². The quantitative estimate of drug-likeness (QED) is 0.617. The van der Waals surface area contributed by atoms with Gasteiger partial charge < -0.3 is 5.11 Å². The molecule has 1 heterocycles. The lowest BCUT2D eigenvalue weighted by molar-refractivity contribution is -0.384. The van der Waals surface area contributed by atoms with Crippen LogP contribution < -0.4 is 0 Å². The number of phenols is 1. The van der Waals surface area contributed by atoms with Crippen LogP contribution in [0.1, 0.15) is 0 Å². The monoisotopic (exact) mass is 216 g/mol. The molecule has 2 aromatic rings. The molecule has 5 heteroatoms. The normalized spacial score (nSPS) is 10.0. The van der Waals surface area contributed by atoms with Crippen molar-refractivity contribution < 1.29 is 10.0 Å². The Morgan fingerprint density at radius 1 is 1.31 bits per heavy atom. The lowest BCUT2D eigenvalue weighted by Gasteiger charge is -2.03. The molecule has 0 saturated carbocycles. The highest BCUT2D eigenvalue weighted by molar-refractivity contribution is 5.71. The van der Waals surface area contributed by atoms with E-state index in [1.807, 2.05) is 0 Å². The van der Waals surface area contributed by atoms with E-state index in [9.17, 15) is 15.2 Å². The molecule has 0 unspecified atom stereocenters. The maximum absolute atomic E-state index is 10.6. The Morgan fingerprint density at radius 2 is 2.12 bits per heavy atom. The third kappa shape index (κ3) is 1.83. The number of aromatic hydroxyl groups is 1. The molecule has 0 bridgehead atoms. The second-order valence-electron chi connectivity index (χ2n) is 3.20. The van der Waals surface area contributed by atoms with E-state index in [1.165, 1.54) is 18.2 Å². The number of nitrogens with zero attached hydrogens (tertiary/aromatic N) is 2. The van der Waals surface area contributed by atoms with Crippen molar-refractivity contribution in [3.63, 3.8) is 0 Å². The van der Waals surface area contributed by atoms with Gasteiger partial charge in [0.25, 0.3) is 5.69 Å². The largest absolute Gasteiger partial charge is 0.507 e. The third-order valence-electron chi connectivity index (χ3n) is 2.16. The van der Waals surface area contributed by atoms with E-state index in [2.05, 4.69) is 4.98 Å². The Hall–Kier alpha value is -2.43. The van der Waals surface area contributed by atoms with Crippen LogP contribution in [-0.4, -0.2) is 15.0 Å². The molecular formula is C11H8N2O3. The standard InChI is InChI=1S/C11H8N2O3/c14-11-4-3-9(13(15)16)6-10(11)8-2-1-5-12-7-8/h1-7,14H. The number of rotatable bonds is 2. The summed E-state index contributed by atoms with van der Waals surface area (Å²) in [5, 5.41) is 20.2. The average Bonchev–Trinajstić information content (AvgIpc) is 2.30. The fraction of sp³-hybridized carbons (Fsp3) is 0. The molecule has 0 aliphatic heterocycles. The number of hydrogen-bond donors (Lipinski definition) is 1. The summed E-state index contributed by atoms with van der Waals surface area (Å²) in [6.45, 7) is 0. The minimum atomic E-state index is -0.501. The van der Waals surface area contributed by atoms with Crippen molar-refractivity contribution in [2.45, 2.75) is 0 Å². The SMILES string of the molecule is O=[N+]([O-])c1ccc(O)c(-c2cccnc2)c1. The molecule has 5 nitrogen and oxygen atoms in total. The minimum Gasteiger partial charge on any atom is -0.507 e. The van der Waals surface area contributed by atoms with Gasteiger partial charge in [-0.3, -0.25) is 15.1 Å². The lowest BCUT2D eigenvalue weighted by atomic mass is 10.1. The van der Waals surface area contributed by atoms with E-state index in [1.54, 1.807) is 24.5 Å². The third-order valence-corrected chi connectivity index (χ3v) is 2.16. The molecule has 0 aliphatic carbocycles. The number of nitro groups is 1. The van der Waals surface area contributed by atoms with Crippen molar-refractivity contribution in [3.05, 3.63) is 52.8 Å². The Morgan fingerprint density at radius 3 is 2.75 bits per heavy atom. The molecule has 0 aliphatic rings. The summed E-state index contributed by atoms with van der Waals surface area (Å²) in [7, 11) is 0. The topological polar surface area (TPSA) is 76.3 Å². The predicted molar refractivity (Wildman–Crippen MR) is 58.0 cm³/mol. The molecule has 16 heavy (non-hydrogen) atoms. The Kier molecular flexibility index (Phi) is 2.51. The number of non-ortho nitro benzene ring substituents is 1. The molecule has 2 rings (SSSR count). The zero-order valence-electron chi connectivity index (χ0n) is 8.20. The number of benzene rings is 1. The summed E-state index contributed by atoms with van der Waals surface area (Å²) in [5.74, 6) is -0.00130. The molecule has 1 aromatic carbocycles. The number of hydrogen-bond acceptors (Lipinski definition) is 4. The van der Waals surface area contributed by atoms with E-state index in [4.69, 9.17) is 0 Å². The second-order valence-corrected chi connectivity index (χ2v) is 3.20. The molecule has 0 spiro atoms. The van der Waals surface area contributed by atoms with Gasteiger partial charge in [0.15, 0.2) is 0 Å². The van der Waals surface area contributed by atoms with Gasteiger partial charge in [-0.2, -0.15) is 0 Å². The van der Waals surface area contributed by atoms with E-state index in [0.717, 1.165) is 0 Å². The van der Waals surface area contributed by atoms with Crippen LogP contribution in [0, 0.1) is 10.1 Å². The Bertz CT molecular complexity index is 526. The van der Waals surface area contributed by atoms with Crippen LogP contribution in [-0.2, 0) is 0 Å². The molecular weight excluding hydrogens is 208 g/mol. The van der Waals surface area contributed by atoms with Gasteiger partial charge in [0.05, 0.1) is 4.92 Å². The van der Waals surface area contributed by atoms with E-state index in [0.29, 0.717) is 11.1 Å². The first-order valence-corrected chi connectivity index (χ1v) is 4.56. The van der Waals surface area contributed by atoms with Crippen molar-refractivity contribution in [1.29, 1.82) is 0 Å².